The molecule has 6 rings (SSSR count). The maximum atomic E-state index is 9.80. The summed E-state index contributed by atoms with van der Waals surface area (Å²) in [6, 6.07) is 26.2. The quantitative estimate of drug-likeness (QED) is 0.392. The highest BCUT2D eigenvalue weighted by Gasteiger charge is 2.20. The summed E-state index contributed by atoms with van der Waals surface area (Å²) < 4.78 is 8.27. The standard InChI is InChI=1S/C24H15BO3S/c26-25(27)20-12-5-11-19-18-10-4-9-17(23(18)29-24(19)20)16-8-3-7-15-14-6-1-2-13-21(14)28-22(15)16/h1-13,26-27H. The monoisotopic (exact) mass is 394 g/mol. The van der Waals surface area contributed by atoms with Crippen LogP contribution in [0.4, 0.5) is 0 Å². The van der Waals surface area contributed by atoms with E-state index in [1.165, 1.54) is 0 Å². The van der Waals surface area contributed by atoms with E-state index >= 15 is 0 Å². The molecule has 6 aromatic rings. The van der Waals surface area contributed by atoms with Crippen LogP contribution in [-0.2, 0) is 0 Å². The molecule has 2 aromatic heterocycles. The van der Waals surface area contributed by atoms with Crippen molar-refractivity contribution in [3.63, 3.8) is 0 Å². The predicted molar refractivity (Wildman–Crippen MR) is 122 cm³/mol. The number of hydrogen-bond acceptors (Lipinski definition) is 4. The largest absolute Gasteiger partial charge is 0.489 e. The van der Waals surface area contributed by atoms with Gasteiger partial charge in [-0.25, -0.2) is 0 Å². The molecule has 0 aliphatic carbocycles. The van der Waals surface area contributed by atoms with Gasteiger partial charge in [-0.1, -0.05) is 72.8 Å². The fourth-order valence-corrected chi connectivity index (χ4v) is 5.58. The van der Waals surface area contributed by atoms with Gasteiger partial charge in [0, 0.05) is 36.7 Å². The zero-order chi connectivity index (χ0) is 19.5. The average Bonchev–Trinajstić information content (AvgIpc) is 3.31. The third-order valence-electron chi connectivity index (χ3n) is 5.53. The van der Waals surface area contributed by atoms with E-state index in [0.717, 1.165) is 53.2 Å². The molecule has 4 aromatic carbocycles. The lowest BCUT2D eigenvalue weighted by molar-refractivity contribution is 0.426. The Morgan fingerprint density at radius 1 is 0.621 bits per heavy atom. The fourth-order valence-electron chi connectivity index (χ4n) is 4.22. The van der Waals surface area contributed by atoms with Crippen LogP contribution in [-0.4, -0.2) is 17.2 Å². The molecule has 0 bridgehead atoms. The maximum absolute atomic E-state index is 9.80. The molecular formula is C24H15BO3S. The first-order valence-electron chi connectivity index (χ1n) is 9.43. The van der Waals surface area contributed by atoms with E-state index in [1.54, 1.807) is 17.4 Å². The van der Waals surface area contributed by atoms with E-state index in [1.807, 2.05) is 36.4 Å². The Labute approximate surface area is 170 Å². The van der Waals surface area contributed by atoms with Crippen LogP contribution in [0.15, 0.2) is 83.3 Å². The summed E-state index contributed by atoms with van der Waals surface area (Å²) in [5.41, 5.74) is 4.43. The van der Waals surface area contributed by atoms with Crippen LogP contribution >= 0.6 is 11.3 Å². The molecule has 0 saturated carbocycles. The Bertz CT molecular complexity index is 1540. The summed E-state index contributed by atoms with van der Waals surface area (Å²) >= 11 is 1.59. The average molecular weight is 394 g/mol. The van der Waals surface area contributed by atoms with Crippen LogP contribution in [0.3, 0.4) is 0 Å². The summed E-state index contributed by atoms with van der Waals surface area (Å²) in [7, 11) is -1.49. The zero-order valence-electron chi connectivity index (χ0n) is 15.3. The molecule has 0 fully saturated rings. The lowest BCUT2D eigenvalue weighted by atomic mass is 9.80. The second-order valence-corrected chi connectivity index (χ2v) is 8.18. The molecule has 0 aliphatic heterocycles. The Hall–Kier alpha value is -3.12. The van der Waals surface area contributed by atoms with Gasteiger partial charge in [0.2, 0.25) is 0 Å². The number of hydrogen-bond donors (Lipinski definition) is 2. The molecule has 0 spiro atoms. The van der Waals surface area contributed by atoms with Gasteiger partial charge in [0.25, 0.3) is 0 Å². The minimum absolute atomic E-state index is 0.539. The third-order valence-corrected chi connectivity index (χ3v) is 6.83. The van der Waals surface area contributed by atoms with Crippen LogP contribution in [0.25, 0.3) is 53.2 Å². The van der Waals surface area contributed by atoms with E-state index < -0.39 is 7.12 Å². The van der Waals surface area contributed by atoms with Gasteiger partial charge in [0.1, 0.15) is 11.2 Å². The van der Waals surface area contributed by atoms with Crippen molar-refractivity contribution < 1.29 is 14.5 Å². The lowest BCUT2D eigenvalue weighted by Gasteiger charge is -2.04. The maximum Gasteiger partial charge on any atom is 0.489 e. The minimum Gasteiger partial charge on any atom is -0.455 e. The first kappa shape index (κ1) is 16.8. The molecule has 0 atom stereocenters. The highest BCUT2D eigenvalue weighted by atomic mass is 32.1. The second kappa shape index (κ2) is 6.19. The van der Waals surface area contributed by atoms with Crippen molar-refractivity contribution in [1.29, 1.82) is 0 Å². The number of fused-ring (bicyclic) bond motifs is 6. The van der Waals surface area contributed by atoms with Crippen LogP contribution in [0, 0.1) is 0 Å². The molecule has 3 nitrogen and oxygen atoms in total. The van der Waals surface area contributed by atoms with Crippen molar-refractivity contribution in [1.82, 2.24) is 0 Å². The van der Waals surface area contributed by atoms with Gasteiger partial charge < -0.3 is 14.5 Å². The number of para-hydroxylation sites is 2. The van der Waals surface area contributed by atoms with Crippen molar-refractivity contribution in [3.8, 4) is 11.1 Å². The van der Waals surface area contributed by atoms with Gasteiger partial charge in [-0.3, -0.25) is 0 Å². The van der Waals surface area contributed by atoms with Gasteiger partial charge >= 0.3 is 7.12 Å². The van der Waals surface area contributed by atoms with Crippen LogP contribution in [0.1, 0.15) is 0 Å². The van der Waals surface area contributed by atoms with Crippen molar-refractivity contribution in [3.05, 3.63) is 78.9 Å². The molecule has 0 saturated heterocycles. The van der Waals surface area contributed by atoms with Gasteiger partial charge in [0.15, 0.2) is 0 Å². The minimum atomic E-state index is -1.49. The Morgan fingerprint density at radius 2 is 1.28 bits per heavy atom. The van der Waals surface area contributed by atoms with E-state index in [9.17, 15) is 10.0 Å². The fraction of sp³-hybridized carbons (Fsp3) is 0. The predicted octanol–water partition coefficient (Wildman–Crippen LogP) is 5.30. The molecule has 29 heavy (non-hydrogen) atoms. The van der Waals surface area contributed by atoms with Gasteiger partial charge in [-0.05, 0) is 16.9 Å². The SMILES string of the molecule is OB(O)c1cccc2c1sc1c(-c3cccc4c3oc3ccccc34)cccc12. The number of furan rings is 1. The van der Waals surface area contributed by atoms with Crippen molar-refractivity contribution in [2.75, 3.05) is 0 Å². The summed E-state index contributed by atoms with van der Waals surface area (Å²) in [6.45, 7) is 0. The number of rotatable bonds is 2. The second-order valence-electron chi connectivity index (χ2n) is 7.16. The third kappa shape index (κ3) is 2.39. The van der Waals surface area contributed by atoms with E-state index in [0.29, 0.717) is 5.46 Å². The van der Waals surface area contributed by atoms with E-state index in [2.05, 4.69) is 36.4 Å². The Morgan fingerprint density at radius 3 is 2.10 bits per heavy atom. The number of benzene rings is 4. The van der Waals surface area contributed by atoms with Crippen LogP contribution < -0.4 is 5.46 Å². The van der Waals surface area contributed by atoms with Gasteiger partial charge in [-0.15, -0.1) is 11.3 Å². The van der Waals surface area contributed by atoms with Crippen molar-refractivity contribution >= 4 is 66.0 Å². The molecule has 0 radical (unpaired) electrons. The van der Waals surface area contributed by atoms with E-state index in [-0.39, 0.29) is 0 Å². The summed E-state index contributed by atoms with van der Waals surface area (Å²) in [6.07, 6.45) is 0. The van der Waals surface area contributed by atoms with Crippen LogP contribution in [0.2, 0.25) is 0 Å². The Balaban J connectivity index is 1.72. The molecule has 2 heterocycles. The summed E-state index contributed by atoms with van der Waals surface area (Å²) in [5, 5.41) is 24.0. The highest BCUT2D eigenvalue weighted by Crippen LogP contribution is 2.42. The molecule has 5 heteroatoms. The molecule has 0 aliphatic rings. The molecule has 0 amide bonds. The molecular weight excluding hydrogens is 379 g/mol. The lowest BCUT2D eigenvalue weighted by Crippen LogP contribution is -2.29. The molecule has 0 unspecified atom stereocenters. The first-order chi connectivity index (χ1) is 14.2. The smallest absolute Gasteiger partial charge is 0.455 e. The summed E-state index contributed by atoms with van der Waals surface area (Å²) in [4.78, 5) is 0. The highest BCUT2D eigenvalue weighted by molar-refractivity contribution is 7.27. The number of thiophene rings is 1. The first-order valence-corrected chi connectivity index (χ1v) is 10.2. The van der Waals surface area contributed by atoms with Crippen LogP contribution in [0.5, 0.6) is 0 Å². The normalized spacial score (nSPS) is 11.8. The molecule has 2 N–H and O–H groups in total. The van der Waals surface area contributed by atoms with Crippen molar-refractivity contribution in [2.45, 2.75) is 0 Å². The van der Waals surface area contributed by atoms with E-state index in [4.69, 9.17) is 4.42 Å². The van der Waals surface area contributed by atoms with Gasteiger partial charge in [-0.2, -0.15) is 0 Å². The Kier molecular flexibility index (Phi) is 3.59. The van der Waals surface area contributed by atoms with Gasteiger partial charge in [0.05, 0.1) is 0 Å². The topological polar surface area (TPSA) is 53.6 Å². The van der Waals surface area contributed by atoms with Crippen molar-refractivity contribution in [2.24, 2.45) is 0 Å². The molecule has 138 valence electrons. The zero-order valence-corrected chi connectivity index (χ0v) is 16.1. The summed E-state index contributed by atoms with van der Waals surface area (Å²) in [5.74, 6) is 0.